The van der Waals surface area contributed by atoms with Crippen LogP contribution in [0.2, 0.25) is 0 Å². The topological polar surface area (TPSA) is 63.2 Å². The number of esters is 1. The Balaban J connectivity index is 3.40. The predicted molar refractivity (Wildman–Crippen MR) is 80.0 cm³/mol. The summed E-state index contributed by atoms with van der Waals surface area (Å²) in [5.41, 5.74) is 0.380. The number of hydrogen-bond donors (Lipinski definition) is 0. The number of rotatable bonds is 8. The van der Waals surface area contributed by atoms with Gasteiger partial charge in [0, 0.05) is 0 Å². The van der Waals surface area contributed by atoms with Gasteiger partial charge in [0.2, 0.25) is 0 Å². The molecular formula is C14H22GeO6. The molecule has 0 saturated carbocycles. The molecule has 1 rings (SSSR count). The summed E-state index contributed by atoms with van der Waals surface area (Å²) >= 11 is -3.75. The second kappa shape index (κ2) is 8.38. The zero-order chi connectivity index (χ0) is 15.9. The molecule has 6 nitrogen and oxygen atoms in total. The summed E-state index contributed by atoms with van der Waals surface area (Å²) in [6.07, 6.45) is 0. The minimum absolute atomic E-state index is 0.290. The molecule has 0 radical (unpaired) electrons. The normalized spacial score (nSPS) is 11.3. The van der Waals surface area contributed by atoms with Crippen LogP contribution in [0.15, 0.2) is 18.2 Å². The van der Waals surface area contributed by atoms with E-state index in [0.717, 1.165) is 0 Å². The zero-order valence-electron chi connectivity index (χ0n) is 13.1. The molecule has 1 aromatic rings. The van der Waals surface area contributed by atoms with Crippen molar-refractivity contribution in [3.8, 4) is 5.75 Å². The summed E-state index contributed by atoms with van der Waals surface area (Å²) in [5, 5.41) is 0. The molecule has 7 heteroatoms. The summed E-state index contributed by atoms with van der Waals surface area (Å²) in [6, 6.07) is 5.09. The van der Waals surface area contributed by atoms with Gasteiger partial charge >= 0.3 is 128 Å². The molecular weight excluding hydrogens is 337 g/mol. The zero-order valence-corrected chi connectivity index (χ0v) is 15.2. The van der Waals surface area contributed by atoms with E-state index in [1.54, 1.807) is 25.1 Å². The third-order valence-electron chi connectivity index (χ3n) is 2.93. The molecule has 0 bridgehead atoms. The van der Waals surface area contributed by atoms with Gasteiger partial charge in [-0.15, -0.1) is 0 Å². The van der Waals surface area contributed by atoms with Crippen molar-refractivity contribution < 1.29 is 25.6 Å². The van der Waals surface area contributed by atoms with Gasteiger partial charge in [0.15, 0.2) is 0 Å². The monoisotopic (exact) mass is 360 g/mol. The fourth-order valence-electron chi connectivity index (χ4n) is 2.00. The van der Waals surface area contributed by atoms with Crippen LogP contribution in [-0.4, -0.2) is 54.8 Å². The fraction of sp³-hybridized carbons (Fsp3) is 0.500. The Morgan fingerprint density at radius 1 is 1.05 bits per heavy atom. The first-order valence-electron chi connectivity index (χ1n) is 6.68. The van der Waals surface area contributed by atoms with Gasteiger partial charge in [-0.05, 0) is 0 Å². The molecule has 0 heterocycles. The number of carbonyl (C=O) groups is 1. The first kappa shape index (κ1) is 18.0. The van der Waals surface area contributed by atoms with Gasteiger partial charge in [0.1, 0.15) is 0 Å². The van der Waals surface area contributed by atoms with E-state index in [4.69, 9.17) is 20.8 Å². The molecule has 0 aliphatic carbocycles. The molecule has 0 atom stereocenters. The van der Waals surface area contributed by atoms with Crippen LogP contribution in [0.4, 0.5) is 0 Å². The molecule has 0 aromatic heterocycles. The molecule has 118 valence electrons. The first-order valence-corrected chi connectivity index (χ1v) is 10.3. The summed E-state index contributed by atoms with van der Waals surface area (Å²) in [6.45, 7) is 4.45. The number of ether oxygens (including phenoxy) is 2. The van der Waals surface area contributed by atoms with Crippen molar-refractivity contribution in [3.63, 3.8) is 0 Å². The van der Waals surface area contributed by atoms with E-state index in [2.05, 4.69) is 0 Å². The van der Waals surface area contributed by atoms with Crippen molar-refractivity contribution in [2.24, 2.45) is 0 Å². The van der Waals surface area contributed by atoms with Gasteiger partial charge < -0.3 is 0 Å². The Hall–Kier alpha value is -1.09. The van der Waals surface area contributed by atoms with E-state index < -0.39 is 20.2 Å². The third kappa shape index (κ3) is 3.97. The maximum absolute atomic E-state index is 12.1. The third-order valence-corrected chi connectivity index (χ3v) is 8.57. The van der Waals surface area contributed by atoms with Crippen molar-refractivity contribution in [2.45, 2.75) is 13.8 Å². The second-order valence-electron chi connectivity index (χ2n) is 4.03. The molecule has 0 saturated heterocycles. The van der Waals surface area contributed by atoms with E-state index >= 15 is 0 Å². The Labute approximate surface area is 128 Å². The summed E-state index contributed by atoms with van der Waals surface area (Å²) < 4.78 is 27.7. The van der Waals surface area contributed by atoms with Crippen LogP contribution in [0, 0.1) is 0 Å². The summed E-state index contributed by atoms with van der Waals surface area (Å²) in [4.78, 5) is 12.1. The molecule has 0 spiro atoms. The first-order chi connectivity index (χ1) is 10.1. The fourth-order valence-corrected chi connectivity index (χ4v) is 6.18. The predicted octanol–water partition coefficient (Wildman–Crippen LogP) is 1.35. The molecule has 21 heavy (non-hydrogen) atoms. The second-order valence-corrected chi connectivity index (χ2v) is 10.1. The van der Waals surface area contributed by atoms with Crippen LogP contribution < -0.4 is 9.13 Å². The van der Waals surface area contributed by atoms with Crippen LogP contribution in [0.5, 0.6) is 5.75 Å². The number of hydrogen-bond acceptors (Lipinski definition) is 6. The Morgan fingerprint density at radius 2 is 1.67 bits per heavy atom. The summed E-state index contributed by atoms with van der Waals surface area (Å²) in [7, 11) is 4.53. The average Bonchev–Trinajstić information content (AvgIpc) is 2.50. The van der Waals surface area contributed by atoms with Gasteiger partial charge in [-0.1, -0.05) is 0 Å². The van der Waals surface area contributed by atoms with Crippen molar-refractivity contribution in [3.05, 3.63) is 23.8 Å². The van der Waals surface area contributed by atoms with Crippen LogP contribution in [0.25, 0.3) is 0 Å². The number of benzene rings is 1. The van der Waals surface area contributed by atoms with Gasteiger partial charge in [0.05, 0.1) is 0 Å². The molecule has 0 amide bonds. The van der Waals surface area contributed by atoms with Gasteiger partial charge in [-0.3, -0.25) is 0 Å². The molecule has 0 N–H and O–H groups in total. The van der Waals surface area contributed by atoms with Crippen LogP contribution >= 0.6 is 0 Å². The van der Waals surface area contributed by atoms with Crippen molar-refractivity contribution in [1.29, 1.82) is 0 Å². The Bertz CT molecular complexity index is 464. The minimum atomic E-state index is -3.75. The molecule has 0 aliphatic heterocycles. The van der Waals surface area contributed by atoms with E-state index in [0.29, 0.717) is 28.9 Å². The van der Waals surface area contributed by atoms with Crippen LogP contribution in [-0.2, 0) is 16.0 Å². The molecule has 0 fully saturated rings. The van der Waals surface area contributed by atoms with Gasteiger partial charge in [0.25, 0.3) is 0 Å². The Kier molecular flexibility index (Phi) is 7.17. The van der Waals surface area contributed by atoms with Gasteiger partial charge in [-0.2, -0.15) is 0 Å². The summed E-state index contributed by atoms with van der Waals surface area (Å²) in [5.74, 6) is 0.193. The number of carbonyl (C=O) groups excluding carboxylic acids is 1. The van der Waals surface area contributed by atoms with E-state index in [-0.39, 0.29) is 0 Å². The van der Waals surface area contributed by atoms with Crippen molar-refractivity contribution in [2.75, 3.05) is 34.5 Å². The quantitative estimate of drug-likeness (QED) is 0.516. The van der Waals surface area contributed by atoms with E-state index in [9.17, 15) is 4.79 Å². The van der Waals surface area contributed by atoms with Crippen molar-refractivity contribution in [1.82, 2.24) is 0 Å². The van der Waals surface area contributed by atoms with E-state index in [1.165, 1.54) is 21.3 Å². The van der Waals surface area contributed by atoms with E-state index in [1.807, 2.05) is 6.92 Å². The van der Waals surface area contributed by atoms with Crippen LogP contribution in [0.3, 0.4) is 0 Å². The van der Waals surface area contributed by atoms with Crippen LogP contribution in [0.1, 0.15) is 24.2 Å². The van der Waals surface area contributed by atoms with Gasteiger partial charge in [-0.25, -0.2) is 0 Å². The SMILES string of the molecule is CCOC(=O)c1ccc(OCC)c[c]1[Ge]([O]C)([O]C)[O]C. The maximum atomic E-state index is 12.1. The molecule has 0 unspecified atom stereocenters. The molecule has 1 aromatic carbocycles. The average molecular weight is 359 g/mol. The molecule has 0 aliphatic rings. The van der Waals surface area contributed by atoms with Crippen molar-refractivity contribution >= 4 is 24.6 Å². The standard InChI is InChI=1S/C14H22GeO6/c1-6-20-11-8-9-12(14(16)21-7-2)13(10-11)15(17-3,18-4)19-5/h8-10H,6-7H2,1-5H3. The Morgan fingerprint density at radius 3 is 2.14 bits per heavy atom.